The molecule has 0 spiro atoms. The molecule has 2 heterocycles. The Bertz CT molecular complexity index is 866. The average Bonchev–Trinajstić information content (AvgIpc) is 2.74. The largest absolute Gasteiger partial charge is 0.352 e. The van der Waals surface area contributed by atoms with Gasteiger partial charge in [0.1, 0.15) is 11.5 Å². The van der Waals surface area contributed by atoms with E-state index in [1.807, 2.05) is 0 Å². The zero-order valence-corrected chi connectivity index (χ0v) is 15.3. The Balaban J connectivity index is 1.58. The van der Waals surface area contributed by atoms with Crippen LogP contribution in [0, 0.1) is 5.82 Å². The molecule has 1 aliphatic rings. The molecule has 0 bridgehead atoms. The van der Waals surface area contributed by atoms with E-state index in [4.69, 9.17) is 0 Å². The van der Waals surface area contributed by atoms with E-state index in [-0.39, 0.29) is 29.9 Å². The third kappa shape index (κ3) is 4.70. The normalized spacial score (nSPS) is 13.9. The number of hydrogen-bond donors (Lipinski definition) is 1. The van der Waals surface area contributed by atoms with Gasteiger partial charge in [-0.1, -0.05) is 18.2 Å². The van der Waals surface area contributed by atoms with Crippen LogP contribution in [0.25, 0.3) is 0 Å². The maximum atomic E-state index is 13.6. The molecule has 7 nitrogen and oxygen atoms in total. The summed E-state index contributed by atoms with van der Waals surface area (Å²) in [5.74, 6) is -0.923. The SMILES string of the molecule is O=CN1CCN(C(=O)c2cc(C(=O)NCCc3ccccc3F)ccn2)CC1. The second kappa shape index (κ2) is 9.07. The molecule has 1 aliphatic heterocycles. The van der Waals surface area contributed by atoms with Crippen molar-refractivity contribution in [3.63, 3.8) is 0 Å². The molecule has 0 radical (unpaired) electrons. The van der Waals surface area contributed by atoms with Crippen LogP contribution in [0.1, 0.15) is 26.4 Å². The van der Waals surface area contributed by atoms with Crippen molar-refractivity contribution in [3.05, 3.63) is 65.2 Å². The van der Waals surface area contributed by atoms with Crippen molar-refractivity contribution >= 4 is 18.2 Å². The molecule has 146 valence electrons. The van der Waals surface area contributed by atoms with Crippen molar-refractivity contribution in [2.24, 2.45) is 0 Å². The predicted molar refractivity (Wildman–Crippen MR) is 100 cm³/mol. The van der Waals surface area contributed by atoms with Gasteiger partial charge >= 0.3 is 0 Å². The summed E-state index contributed by atoms with van der Waals surface area (Å²) in [7, 11) is 0. The van der Waals surface area contributed by atoms with E-state index in [0.717, 1.165) is 6.41 Å². The third-order valence-corrected chi connectivity index (χ3v) is 4.63. The van der Waals surface area contributed by atoms with Crippen molar-refractivity contribution in [1.82, 2.24) is 20.1 Å². The van der Waals surface area contributed by atoms with Gasteiger partial charge in [-0.05, 0) is 30.2 Å². The van der Waals surface area contributed by atoms with Crippen LogP contribution in [0.4, 0.5) is 4.39 Å². The third-order valence-electron chi connectivity index (χ3n) is 4.63. The fraction of sp³-hybridized carbons (Fsp3) is 0.300. The Morgan fingerprint density at radius 2 is 1.89 bits per heavy atom. The molecule has 1 aromatic carbocycles. The first kappa shape index (κ1) is 19.5. The molecule has 2 aromatic rings. The topological polar surface area (TPSA) is 82.6 Å². The van der Waals surface area contributed by atoms with Crippen molar-refractivity contribution in [3.8, 4) is 0 Å². The fourth-order valence-corrected chi connectivity index (χ4v) is 3.00. The standard InChI is InChI=1S/C20H21FN4O3/c21-17-4-2-1-3-15(17)5-8-23-19(27)16-6-7-22-18(13-16)20(28)25-11-9-24(14-26)10-12-25/h1-4,6-7,13-14H,5,8-12H2,(H,23,27). The zero-order valence-electron chi connectivity index (χ0n) is 15.3. The highest BCUT2D eigenvalue weighted by Crippen LogP contribution is 2.09. The molecule has 1 aromatic heterocycles. The second-order valence-corrected chi connectivity index (χ2v) is 6.46. The summed E-state index contributed by atoms with van der Waals surface area (Å²) in [5, 5.41) is 2.73. The first-order chi connectivity index (χ1) is 13.6. The van der Waals surface area contributed by atoms with Crippen LogP contribution in [0.15, 0.2) is 42.6 Å². The van der Waals surface area contributed by atoms with Gasteiger partial charge in [-0.3, -0.25) is 19.4 Å². The Labute approximate surface area is 162 Å². The van der Waals surface area contributed by atoms with Crippen molar-refractivity contribution in [2.45, 2.75) is 6.42 Å². The number of carbonyl (C=O) groups is 3. The molecular formula is C20H21FN4O3. The van der Waals surface area contributed by atoms with Gasteiger partial charge in [0.25, 0.3) is 11.8 Å². The Kier molecular flexibility index (Phi) is 6.31. The number of pyridine rings is 1. The Morgan fingerprint density at radius 1 is 1.14 bits per heavy atom. The van der Waals surface area contributed by atoms with Gasteiger partial charge in [0, 0.05) is 44.5 Å². The summed E-state index contributed by atoms with van der Waals surface area (Å²) in [6, 6.07) is 9.40. The number of halogens is 1. The summed E-state index contributed by atoms with van der Waals surface area (Å²) in [5.41, 5.74) is 1.03. The van der Waals surface area contributed by atoms with Crippen LogP contribution < -0.4 is 5.32 Å². The number of nitrogens with one attached hydrogen (secondary N) is 1. The number of rotatable bonds is 6. The highest BCUT2D eigenvalue weighted by atomic mass is 19.1. The lowest BCUT2D eigenvalue weighted by Gasteiger charge is -2.32. The van der Waals surface area contributed by atoms with Crippen LogP contribution in [0.2, 0.25) is 0 Å². The van der Waals surface area contributed by atoms with Gasteiger partial charge in [-0.15, -0.1) is 0 Å². The number of benzene rings is 1. The molecule has 0 unspecified atom stereocenters. The average molecular weight is 384 g/mol. The molecule has 1 N–H and O–H groups in total. The van der Waals surface area contributed by atoms with E-state index in [1.165, 1.54) is 24.4 Å². The van der Waals surface area contributed by atoms with Crippen LogP contribution in [0.3, 0.4) is 0 Å². The lowest BCUT2D eigenvalue weighted by molar-refractivity contribution is -0.119. The van der Waals surface area contributed by atoms with E-state index in [0.29, 0.717) is 43.7 Å². The minimum absolute atomic E-state index is 0.182. The maximum absolute atomic E-state index is 13.6. The second-order valence-electron chi connectivity index (χ2n) is 6.46. The first-order valence-corrected chi connectivity index (χ1v) is 9.05. The fourth-order valence-electron chi connectivity index (χ4n) is 3.00. The van der Waals surface area contributed by atoms with Crippen molar-refractivity contribution < 1.29 is 18.8 Å². The summed E-state index contributed by atoms with van der Waals surface area (Å²) in [6.07, 6.45) is 2.56. The predicted octanol–water partition coefficient (Wildman–Crippen LogP) is 1.11. The lowest BCUT2D eigenvalue weighted by Crippen LogP contribution is -2.48. The molecule has 1 saturated heterocycles. The summed E-state index contributed by atoms with van der Waals surface area (Å²) in [6.45, 7) is 2.09. The number of piperazine rings is 1. The number of nitrogens with zero attached hydrogens (tertiary/aromatic N) is 3. The van der Waals surface area contributed by atoms with Gasteiger partial charge in [0.05, 0.1) is 0 Å². The van der Waals surface area contributed by atoms with Gasteiger partial charge in [0.15, 0.2) is 0 Å². The van der Waals surface area contributed by atoms with Gasteiger partial charge in [-0.2, -0.15) is 0 Å². The molecule has 1 fully saturated rings. The van der Waals surface area contributed by atoms with Gasteiger partial charge in [0.2, 0.25) is 6.41 Å². The van der Waals surface area contributed by atoms with E-state index < -0.39 is 0 Å². The van der Waals surface area contributed by atoms with Crippen LogP contribution in [-0.2, 0) is 11.2 Å². The molecule has 3 rings (SSSR count). The van der Waals surface area contributed by atoms with E-state index >= 15 is 0 Å². The molecule has 3 amide bonds. The number of aromatic nitrogens is 1. The molecule has 0 atom stereocenters. The van der Waals surface area contributed by atoms with E-state index in [1.54, 1.807) is 28.0 Å². The van der Waals surface area contributed by atoms with Crippen molar-refractivity contribution in [2.75, 3.05) is 32.7 Å². The van der Waals surface area contributed by atoms with E-state index in [2.05, 4.69) is 10.3 Å². The quantitative estimate of drug-likeness (QED) is 0.757. The summed E-state index contributed by atoms with van der Waals surface area (Å²) in [4.78, 5) is 43.0. The molecule has 0 saturated carbocycles. The van der Waals surface area contributed by atoms with Crippen LogP contribution >= 0.6 is 0 Å². The Morgan fingerprint density at radius 3 is 2.61 bits per heavy atom. The van der Waals surface area contributed by atoms with Crippen LogP contribution in [-0.4, -0.2) is 65.7 Å². The van der Waals surface area contributed by atoms with Crippen LogP contribution in [0.5, 0.6) is 0 Å². The lowest BCUT2D eigenvalue weighted by atomic mass is 10.1. The van der Waals surface area contributed by atoms with E-state index in [9.17, 15) is 18.8 Å². The summed E-state index contributed by atoms with van der Waals surface area (Å²) < 4.78 is 13.6. The number of carbonyl (C=O) groups excluding carboxylic acids is 3. The molecule has 28 heavy (non-hydrogen) atoms. The van der Waals surface area contributed by atoms with Crippen molar-refractivity contribution in [1.29, 1.82) is 0 Å². The number of hydrogen-bond acceptors (Lipinski definition) is 4. The maximum Gasteiger partial charge on any atom is 0.272 e. The minimum Gasteiger partial charge on any atom is -0.352 e. The number of amides is 3. The minimum atomic E-state index is -0.349. The smallest absolute Gasteiger partial charge is 0.272 e. The first-order valence-electron chi connectivity index (χ1n) is 9.05. The Hall–Kier alpha value is -3.29. The molecular weight excluding hydrogens is 363 g/mol. The monoisotopic (exact) mass is 384 g/mol. The highest BCUT2D eigenvalue weighted by Gasteiger charge is 2.22. The highest BCUT2D eigenvalue weighted by molar-refractivity contribution is 5.98. The van der Waals surface area contributed by atoms with Gasteiger partial charge < -0.3 is 15.1 Å². The zero-order chi connectivity index (χ0) is 19.9. The summed E-state index contributed by atoms with van der Waals surface area (Å²) >= 11 is 0. The molecule has 8 heteroatoms. The van der Waals surface area contributed by atoms with Gasteiger partial charge in [-0.25, -0.2) is 4.39 Å². The molecule has 0 aliphatic carbocycles.